The molecule has 2 rings (SSSR count). The molecule has 1 amide bonds. The molecule has 0 saturated carbocycles. The highest BCUT2D eigenvalue weighted by atomic mass is 16.2. The molecule has 0 unspecified atom stereocenters. The Labute approximate surface area is 108 Å². The van der Waals surface area contributed by atoms with Crippen LogP contribution in [0.4, 0.5) is 5.69 Å². The van der Waals surface area contributed by atoms with Crippen molar-refractivity contribution in [2.75, 3.05) is 11.4 Å². The molecule has 18 heavy (non-hydrogen) atoms. The van der Waals surface area contributed by atoms with E-state index in [9.17, 15) is 4.79 Å². The van der Waals surface area contributed by atoms with E-state index in [2.05, 4.69) is 13.8 Å². The number of anilines is 1. The Kier molecular flexibility index (Phi) is 3.41. The number of hydrogen-bond acceptors (Lipinski definition) is 3. The van der Waals surface area contributed by atoms with E-state index in [4.69, 9.17) is 11.5 Å². The molecule has 1 aliphatic rings. The second-order valence-electron chi connectivity index (χ2n) is 5.42. The van der Waals surface area contributed by atoms with E-state index < -0.39 is 0 Å². The van der Waals surface area contributed by atoms with Crippen LogP contribution in [0.3, 0.4) is 0 Å². The van der Waals surface area contributed by atoms with Gasteiger partial charge in [-0.1, -0.05) is 12.1 Å². The minimum Gasteiger partial charge on any atom is -0.330 e. The molecule has 0 spiro atoms. The van der Waals surface area contributed by atoms with Crippen LogP contribution in [-0.4, -0.2) is 18.0 Å². The Morgan fingerprint density at radius 1 is 1.33 bits per heavy atom. The molecule has 0 bridgehead atoms. The van der Waals surface area contributed by atoms with Gasteiger partial charge in [-0.25, -0.2) is 0 Å². The average molecular weight is 247 g/mol. The highest BCUT2D eigenvalue weighted by Gasteiger charge is 2.37. The quantitative estimate of drug-likeness (QED) is 0.838. The van der Waals surface area contributed by atoms with E-state index in [1.807, 2.05) is 23.1 Å². The van der Waals surface area contributed by atoms with Crippen LogP contribution >= 0.6 is 0 Å². The summed E-state index contributed by atoms with van der Waals surface area (Å²) in [5.41, 5.74) is 14.2. The summed E-state index contributed by atoms with van der Waals surface area (Å²) in [4.78, 5) is 14.1. The number of fused-ring (bicyclic) bond motifs is 1. The van der Waals surface area contributed by atoms with Crippen molar-refractivity contribution < 1.29 is 4.79 Å². The Morgan fingerprint density at radius 2 is 2.06 bits per heavy atom. The fourth-order valence-corrected chi connectivity index (χ4v) is 2.63. The third-order valence-electron chi connectivity index (χ3n) is 3.57. The molecule has 1 aromatic carbocycles. The summed E-state index contributed by atoms with van der Waals surface area (Å²) in [5.74, 6) is 0.151. The lowest BCUT2D eigenvalue weighted by atomic mass is 9.97. The van der Waals surface area contributed by atoms with E-state index >= 15 is 0 Å². The van der Waals surface area contributed by atoms with Gasteiger partial charge < -0.3 is 16.4 Å². The minimum atomic E-state index is -0.235. The number of hydrogen-bond donors (Lipinski definition) is 2. The number of nitrogens with two attached hydrogens (primary N) is 2. The zero-order valence-corrected chi connectivity index (χ0v) is 11.1. The maximum atomic E-state index is 12.2. The van der Waals surface area contributed by atoms with Crippen molar-refractivity contribution in [1.82, 2.24) is 0 Å². The highest BCUT2D eigenvalue weighted by molar-refractivity contribution is 6.02. The zero-order chi connectivity index (χ0) is 13.3. The largest absolute Gasteiger partial charge is 0.330 e. The summed E-state index contributed by atoms with van der Waals surface area (Å²) in [6.45, 7) is 5.20. The maximum absolute atomic E-state index is 12.2. The lowest BCUT2D eigenvalue weighted by Crippen LogP contribution is -2.47. The van der Waals surface area contributed by atoms with Crippen molar-refractivity contribution in [3.05, 3.63) is 29.3 Å². The predicted molar refractivity (Wildman–Crippen MR) is 73.3 cm³/mol. The van der Waals surface area contributed by atoms with Gasteiger partial charge in [-0.3, -0.25) is 4.79 Å². The normalized spacial score (nSPS) is 15.1. The lowest BCUT2D eigenvalue weighted by Gasteiger charge is -2.36. The molecular weight excluding hydrogens is 226 g/mol. The molecule has 0 atom stereocenters. The fraction of sp³-hybridized carbons (Fsp3) is 0.500. The van der Waals surface area contributed by atoms with Crippen LogP contribution in [0.25, 0.3) is 0 Å². The number of rotatable bonds is 4. The summed E-state index contributed by atoms with van der Waals surface area (Å²) in [5, 5.41) is 0. The molecular formula is C14H21N3O. The maximum Gasteiger partial charge on any atom is 0.231 e. The summed E-state index contributed by atoms with van der Waals surface area (Å²) in [6, 6.07) is 6.02. The van der Waals surface area contributed by atoms with E-state index in [0.29, 0.717) is 19.5 Å². The molecule has 1 heterocycles. The minimum absolute atomic E-state index is 0.151. The summed E-state index contributed by atoms with van der Waals surface area (Å²) in [6.07, 6.45) is 1.26. The van der Waals surface area contributed by atoms with Gasteiger partial charge in [-0.15, -0.1) is 0 Å². The monoisotopic (exact) mass is 247 g/mol. The molecule has 0 aliphatic carbocycles. The topological polar surface area (TPSA) is 72.3 Å². The Bertz CT molecular complexity index is 468. The zero-order valence-electron chi connectivity index (χ0n) is 11.1. The van der Waals surface area contributed by atoms with Gasteiger partial charge >= 0.3 is 0 Å². The van der Waals surface area contributed by atoms with E-state index in [1.54, 1.807) is 0 Å². The molecule has 4 N–H and O–H groups in total. The van der Waals surface area contributed by atoms with Crippen LogP contribution < -0.4 is 16.4 Å². The van der Waals surface area contributed by atoms with Gasteiger partial charge in [0.05, 0.1) is 6.42 Å². The van der Waals surface area contributed by atoms with Crippen molar-refractivity contribution in [2.45, 2.75) is 38.8 Å². The van der Waals surface area contributed by atoms with Gasteiger partial charge in [0, 0.05) is 17.8 Å². The Hall–Kier alpha value is -1.39. The second kappa shape index (κ2) is 4.71. The molecule has 0 fully saturated rings. The Balaban J connectivity index is 2.39. The molecule has 0 aromatic heterocycles. The van der Waals surface area contributed by atoms with Crippen LogP contribution in [0.1, 0.15) is 31.4 Å². The first-order valence-electron chi connectivity index (χ1n) is 6.34. The van der Waals surface area contributed by atoms with Gasteiger partial charge in [-0.2, -0.15) is 0 Å². The summed E-state index contributed by atoms with van der Waals surface area (Å²) < 4.78 is 0. The lowest BCUT2D eigenvalue weighted by molar-refractivity contribution is -0.118. The standard InChI is InChI=1S/C14H21N3O/c1-14(2,5-6-15)17-12-4-3-10(9-16)7-11(12)8-13(17)18/h3-4,7H,5-6,8-9,15-16H2,1-2H3. The van der Waals surface area contributed by atoms with Gasteiger partial charge in [0.15, 0.2) is 0 Å². The van der Waals surface area contributed by atoms with Gasteiger partial charge in [0.1, 0.15) is 0 Å². The van der Waals surface area contributed by atoms with Gasteiger partial charge in [0.2, 0.25) is 5.91 Å². The van der Waals surface area contributed by atoms with E-state index in [-0.39, 0.29) is 11.4 Å². The van der Waals surface area contributed by atoms with E-state index in [1.165, 1.54) is 0 Å². The first-order chi connectivity index (χ1) is 8.49. The molecule has 0 radical (unpaired) electrons. The van der Waals surface area contributed by atoms with Crippen molar-refractivity contribution in [2.24, 2.45) is 11.5 Å². The molecule has 98 valence electrons. The molecule has 0 saturated heterocycles. The van der Waals surface area contributed by atoms with Crippen molar-refractivity contribution in [1.29, 1.82) is 0 Å². The summed E-state index contributed by atoms with van der Waals surface area (Å²) in [7, 11) is 0. The smallest absolute Gasteiger partial charge is 0.231 e. The first-order valence-corrected chi connectivity index (χ1v) is 6.34. The first kappa shape index (κ1) is 13.1. The van der Waals surface area contributed by atoms with Gasteiger partial charge in [-0.05, 0) is 44.0 Å². The van der Waals surface area contributed by atoms with Crippen LogP contribution in [0, 0.1) is 0 Å². The van der Waals surface area contributed by atoms with Crippen molar-refractivity contribution in [3.8, 4) is 0 Å². The number of benzene rings is 1. The molecule has 4 nitrogen and oxygen atoms in total. The number of amides is 1. The van der Waals surface area contributed by atoms with E-state index in [0.717, 1.165) is 23.2 Å². The molecule has 4 heteroatoms. The average Bonchev–Trinajstić information content (AvgIpc) is 2.64. The third kappa shape index (κ3) is 2.13. The van der Waals surface area contributed by atoms with Crippen molar-refractivity contribution >= 4 is 11.6 Å². The van der Waals surface area contributed by atoms with Crippen molar-refractivity contribution in [3.63, 3.8) is 0 Å². The molecule has 1 aromatic rings. The number of nitrogens with zero attached hydrogens (tertiary/aromatic N) is 1. The highest BCUT2D eigenvalue weighted by Crippen LogP contribution is 2.36. The predicted octanol–water partition coefficient (Wildman–Crippen LogP) is 1.16. The van der Waals surface area contributed by atoms with Crippen LogP contribution in [0.2, 0.25) is 0 Å². The summed E-state index contributed by atoms with van der Waals surface area (Å²) >= 11 is 0. The number of carbonyl (C=O) groups excluding carboxylic acids is 1. The van der Waals surface area contributed by atoms with Crippen LogP contribution in [0.15, 0.2) is 18.2 Å². The second-order valence-corrected chi connectivity index (χ2v) is 5.42. The van der Waals surface area contributed by atoms with Gasteiger partial charge in [0.25, 0.3) is 0 Å². The number of carbonyl (C=O) groups is 1. The van der Waals surface area contributed by atoms with Crippen LogP contribution in [0.5, 0.6) is 0 Å². The third-order valence-corrected chi connectivity index (χ3v) is 3.57. The van der Waals surface area contributed by atoms with Crippen LogP contribution in [-0.2, 0) is 17.8 Å². The molecule has 1 aliphatic heterocycles. The fourth-order valence-electron chi connectivity index (χ4n) is 2.63. The Morgan fingerprint density at radius 3 is 2.67 bits per heavy atom. The SMILES string of the molecule is CC(C)(CCN)N1C(=O)Cc2cc(CN)ccc21.